The molecule has 3 atom stereocenters. The van der Waals surface area contributed by atoms with Crippen LogP contribution < -0.4 is 15.4 Å². The maximum atomic E-state index is 12.5. The average molecular weight is 433 g/mol. The molecule has 1 aromatic carbocycles. The molecule has 31 heavy (non-hydrogen) atoms. The molecule has 2 heterocycles. The molecule has 0 aliphatic carbocycles. The van der Waals surface area contributed by atoms with Crippen LogP contribution >= 0.6 is 0 Å². The van der Waals surface area contributed by atoms with Gasteiger partial charge in [-0.2, -0.15) is 0 Å². The number of carbonyl (C=O) groups is 3. The predicted molar refractivity (Wildman–Crippen MR) is 111 cm³/mol. The van der Waals surface area contributed by atoms with E-state index in [4.69, 9.17) is 9.84 Å². The number of aliphatic imine (C=N–C) groups is 1. The van der Waals surface area contributed by atoms with Crippen molar-refractivity contribution in [3.63, 3.8) is 0 Å². The number of urea groups is 1. The number of carboxylic acids is 1. The number of aliphatic hydroxyl groups is 1. The number of guanidine groups is 1. The Bertz CT molecular complexity index is 875. The lowest BCUT2D eigenvalue weighted by atomic mass is 10.1. The number of benzene rings is 1. The molecule has 1 aromatic rings. The number of amides is 3. The van der Waals surface area contributed by atoms with Gasteiger partial charge in [0.15, 0.2) is 12.0 Å². The van der Waals surface area contributed by atoms with Gasteiger partial charge in [-0.05, 0) is 24.1 Å². The Morgan fingerprint density at radius 3 is 2.84 bits per heavy atom. The van der Waals surface area contributed by atoms with Crippen molar-refractivity contribution in [3.8, 4) is 5.75 Å². The van der Waals surface area contributed by atoms with Gasteiger partial charge in [-0.25, -0.2) is 4.79 Å². The van der Waals surface area contributed by atoms with E-state index in [1.54, 1.807) is 11.0 Å². The molecule has 2 aliphatic rings. The summed E-state index contributed by atoms with van der Waals surface area (Å²) >= 11 is 0. The lowest BCUT2D eigenvalue weighted by Gasteiger charge is -2.35. The van der Waals surface area contributed by atoms with Crippen molar-refractivity contribution < 1.29 is 29.3 Å². The molecule has 3 unspecified atom stereocenters. The highest BCUT2D eigenvalue weighted by atomic mass is 16.5. The van der Waals surface area contributed by atoms with Crippen molar-refractivity contribution in [1.29, 1.82) is 0 Å². The van der Waals surface area contributed by atoms with Crippen molar-refractivity contribution in [2.45, 2.75) is 38.1 Å². The molecule has 11 nitrogen and oxygen atoms in total. The zero-order chi connectivity index (χ0) is 22.5. The number of carbonyl (C=O) groups excluding carboxylic acids is 2. The Kier molecular flexibility index (Phi) is 6.95. The van der Waals surface area contributed by atoms with Gasteiger partial charge < -0.3 is 30.1 Å². The van der Waals surface area contributed by atoms with Crippen LogP contribution in [0, 0.1) is 0 Å². The zero-order valence-electron chi connectivity index (χ0n) is 17.4. The van der Waals surface area contributed by atoms with Gasteiger partial charge in [0.2, 0.25) is 0 Å². The first-order chi connectivity index (χ1) is 14.8. The summed E-state index contributed by atoms with van der Waals surface area (Å²) in [6.45, 7) is 2.01. The Labute approximate surface area is 179 Å². The van der Waals surface area contributed by atoms with Crippen molar-refractivity contribution >= 4 is 23.9 Å². The van der Waals surface area contributed by atoms with E-state index in [1.807, 2.05) is 25.1 Å². The highest BCUT2D eigenvalue weighted by Gasteiger charge is 2.50. The van der Waals surface area contributed by atoms with E-state index in [9.17, 15) is 19.5 Å². The fraction of sp³-hybridized carbons (Fsp3) is 0.500. The monoisotopic (exact) mass is 433 g/mol. The van der Waals surface area contributed by atoms with Gasteiger partial charge in [-0.1, -0.05) is 19.1 Å². The number of nitrogens with zero attached hydrogens (tertiary/aromatic N) is 3. The Balaban J connectivity index is 1.71. The van der Waals surface area contributed by atoms with Gasteiger partial charge in [-0.3, -0.25) is 19.9 Å². The number of hydrogen-bond donors (Lipinski definition) is 4. The quantitative estimate of drug-likeness (QED) is 0.412. The molecule has 11 heteroatoms. The number of ether oxygens (including phenoxy) is 1. The molecule has 2 saturated heterocycles. The molecule has 2 aliphatic heterocycles. The zero-order valence-corrected chi connectivity index (χ0v) is 17.4. The van der Waals surface area contributed by atoms with Gasteiger partial charge in [0.25, 0.3) is 5.91 Å². The van der Waals surface area contributed by atoms with E-state index in [-0.39, 0.29) is 32.1 Å². The predicted octanol–water partition coefficient (Wildman–Crippen LogP) is -0.399. The first-order valence-corrected chi connectivity index (χ1v) is 10.1. The average Bonchev–Trinajstić information content (AvgIpc) is 3.09. The summed E-state index contributed by atoms with van der Waals surface area (Å²) in [5.41, 5.74) is 1.11. The minimum atomic E-state index is -1.00. The fourth-order valence-corrected chi connectivity index (χ4v) is 3.51. The van der Waals surface area contributed by atoms with Crippen LogP contribution in [0.4, 0.5) is 4.79 Å². The Morgan fingerprint density at radius 2 is 2.13 bits per heavy atom. The first kappa shape index (κ1) is 22.3. The topological polar surface area (TPSA) is 144 Å². The lowest BCUT2D eigenvalue weighted by molar-refractivity contribution is -0.136. The molecule has 3 amide bonds. The fourth-order valence-electron chi connectivity index (χ4n) is 3.51. The van der Waals surface area contributed by atoms with E-state index in [2.05, 4.69) is 15.6 Å². The van der Waals surface area contributed by atoms with Crippen molar-refractivity contribution in [1.82, 2.24) is 20.4 Å². The van der Waals surface area contributed by atoms with E-state index >= 15 is 0 Å². The highest BCUT2D eigenvalue weighted by molar-refractivity contribution is 6.04. The van der Waals surface area contributed by atoms with Crippen LogP contribution in [0.5, 0.6) is 5.75 Å². The molecule has 3 rings (SSSR count). The van der Waals surface area contributed by atoms with Gasteiger partial charge in [0.05, 0.1) is 19.5 Å². The number of rotatable bonds is 9. The smallest absolute Gasteiger partial charge is 0.325 e. The second kappa shape index (κ2) is 9.65. The number of hydrogen-bond acceptors (Lipinski definition) is 6. The summed E-state index contributed by atoms with van der Waals surface area (Å²) in [5.74, 6) is -0.640. The number of nitrogens with one attached hydrogen (secondary N) is 2. The van der Waals surface area contributed by atoms with E-state index in [0.29, 0.717) is 5.75 Å². The number of aryl methyl sites for hydroxylation is 1. The molecule has 0 saturated carbocycles. The molecule has 0 bridgehead atoms. The molecule has 0 spiro atoms. The summed E-state index contributed by atoms with van der Waals surface area (Å²) in [6.07, 6.45) is -0.973. The second-order valence-electron chi connectivity index (χ2n) is 7.41. The first-order valence-electron chi connectivity index (χ1n) is 10.1. The molecular weight excluding hydrogens is 406 g/mol. The number of likely N-dealkylation sites (N-methyl/N-ethyl adjacent to an activating group) is 1. The Morgan fingerprint density at radius 1 is 1.35 bits per heavy atom. The molecule has 168 valence electrons. The minimum absolute atomic E-state index is 0.00297. The molecular formula is C20H27N5O6. The molecule has 0 radical (unpaired) electrons. The van der Waals surface area contributed by atoms with E-state index in [0.717, 1.165) is 12.0 Å². The summed E-state index contributed by atoms with van der Waals surface area (Å²) in [4.78, 5) is 42.4. The van der Waals surface area contributed by atoms with Crippen LogP contribution in [0.2, 0.25) is 0 Å². The number of carboxylic acid groups (broad SMARTS) is 1. The third-order valence-corrected chi connectivity index (χ3v) is 5.16. The second-order valence-corrected chi connectivity index (χ2v) is 7.41. The van der Waals surface area contributed by atoms with Gasteiger partial charge in [0, 0.05) is 7.05 Å². The molecule has 0 aromatic heterocycles. The number of imide groups is 1. The maximum Gasteiger partial charge on any atom is 0.325 e. The maximum absolute atomic E-state index is 12.5. The summed E-state index contributed by atoms with van der Waals surface area (Å²) in [7, 11) is 1.53. The van der Waals surface area contributed by atoms with Gasteiger partial charge >= 0.3 is 12.0 Å². The van der Waals surface area contributed by atoms with E-state index in [1.165, 1.54) is 11.9 Å². The molecule has 4 N–H and O–H groups in total. The summed E-state index contributed by atoms with van der Waals surface area (Å²) in [5, 5.41) is 24.7. The van der Waals surface area contributed by atoms with Crippen LogP contribution in [0.15, 0.2) is 29.3 Å². The summed E-state index contributed by atoms with van der Waals surface area (Å²) in [6, 6.07) is 6.19. The van der Waals surface area contributed by atoms with E-state index < -0.39 is 36.2 Å². The lowest BCUT2D eigenvalue weighted by Crippen LogP contribution is -2.65. The van der Waals surface area contributed by atoms with Crippen molar-refractivity contribution in [2.75, 3.05) is 26.7 Å². The van der Waals surface area contributed by atoms with Gasteiger partial charge in [0.1, 0.15) is 24.6 Å². The number of aliphatic hydroxyl groups excluding tert-OH is 1. The third-order valence-electron chi connectivity index (χ3n) is 5.16. The SMILES string of the molecule is CCc1cccc(OCC(O)CN2C(=NCCC(=O)O)NC3C2C(=O)NC(=O)N3C)c1. The van der Waals surface area contributed by atoms with Crippen LogP contribution in [-0.4, -0.2) is 88.9 Å². The van der Waals surface area contributed by atoms with Crippen LogP contribution in [0.1, 0.15) is 18.9 Å². The summed E-state index contributed by atoms with van der Waals surface area (Å²) < 4.78 is 5.69. The Hall–Kier alpha value is -3.34. The van der Waals surface area contributed by atoms with Crippen LogP contribution in [0.3, 0.4) is 0 Å². The third kappa shape index (κ3) is 5.23. The molecule has 2 fully saturated rings. The van der Waals surface area contributed by atoms with Crippen LogP contribution in [-0.2, 0) is 16.0 Å². The number of fused-ring (bicyclic) bond motifs is 1. The number of β-amino-alcohol motifs (C(OH)–C–C–N with tert-alkyl or cyclic N) is 1. The highest BCUT2D eigenvalue weighted by Crippen LogP contribution is 2.21. The van der Waals surface area contributed by atoms with Crippen LogP contribution in [0.25, 0.3) is 0 Å². The van der Waals surface area contributed by atoms with Gasteiger partial charge in [-0.15, -0.1) is 0 Å². The largest absolute Gasteiger partial charge is 0.491 e. The van der Waals surface area contributed by atoms with Crippen molar-refractivity contribution in [3.05, 3.63) is 29.8 Å². The van der Waals surface area contributed by atoms with Crippen molar-refractivity contribution in [2.24, 2.45) is 4.99 Å². The number of aliphatic carboxylic acids is 1. The minimum Gasteiger partial charge on any atom is -0.491 e. The standard InChI is InChI=1S/C20H27N5O6/c1-3-12-5-4-6-14(9-12)31-11-13(26)10-25-16-17(24(2)20(30)23-18(16)29)22-19(25)21-8-7-15(27)28/h4-6,9,13,16-17,26H,3,7-8,10-11H2,1-2H3,(H,21,22)(H,27,28)(H,23,29,30). The normalized spacial score (nSPS) is 22.7.